The summed E-state index contributed by atoms with van der Waals surface area (Å²) in [6, 6.07) is 9.76. The summed E-state index contributed by atoms with van der Waals surface area (Å²) >= 11 is 0. The zero-order valence-corrected chi connectivity index (χ0v) is 14.9. The molecule has 0 aliphatic rings. The van der Waals surface area contributed by atoms with Crippen LogP contribution in [0.25, 0.3) is 10.9 Å². The van der Waals surface area contributed by atoms with Crippen LogP contribution in [-0.2, 0) is 0 Å². The molecule has 2 heterocycles. The highest BCUT2D eigenvalue weighted by molar-refractivity contribution is 5.94. The van der Waals surface area contributed by atoms with Crippen LogP contribution in [0.3, 0.4) is 0 Å². The van der Waals surface area contributed by atoms with Crippen LogP contribution in [-0.4, -0.2) is 52.9 Å². The Morgan fingerprint density at radius 3 is 2.62 bits per heavy atom. The average molecular weight is 350 g/mol. The van der Waals surface area contributed by atoms with Gasteiger partial charge in [-0.05, 0) is 39.2 Å². The number of carbonyl (C=O) groups excluding carboxylic acids is 1. The molecule has 0 radical (unpaired) electrons. The van der Waals surface area contributed by atoms with Crippen LogP contribution in [0.1, 0.15) is 16.8 Å². The maximum atomic E-state index is 12.1. The number of carbonyl (C=O) groups is 1. The molecule has 0 unspecified atom stereocenters. The molecule has 0 atom stereocenters. The lowest BCUT2D eigenvalue weighted by molar-refractivity contribution is 0.0951. The molecule has 0 aliphatic carbocycles. The molecule has 0 aliphatic heterocycles. The molecule has 2 aromatic heterocycles. The third-order valence-electron chi connectivity index (χ3n) is 3.86. The Morgan fingerprint density at radius 1 is 1.08 bits per heavy atom. The molecule has 7 nitrogen and oxygen atoms in total. The van der Waals surface area contributed by atoms with E-state index in [4.69, 9.17) is 0 Å². The number of rotatable bonds is 7. The lowest BCUT2D eigenvalue weighted by Gasteiger charge is -2.10. The Kier molecular flexibility index (Phi) is 5.70. The van der Waals surface area contributed by atoms with Crippen molar-refractivity contribution in [3.8, 4) is 0 Å². The summed E-state index contributed by atoms with van der Waals surface area (Å²) in [6.45, 7) is 1.55. The zero-order chi connectivity index (χ0) is 18.4. The predicted molar refractivity (Wildman–Crippen MR) is 103 cm³/mol. The lowest BCUT2D eigenvalue weighted by atomic mass is 10.2. The van der Waals surface area contributed by atoms with Crippen molar-refractivity contribution in [2.45, 2.75) is 6.42 Å². The van der Waals surface area contributed by atoms with Gasteiger partial charge in [0.2, 0.25) is 5.95 Å². The number of para-hydroxylation sites is 1. The minimum Gasteiger partial charge on any atom is -0.352 e. The summed E-state index contributed by atoms with van der Waals surface area (Å²) in [5, 5.41) is 7.06. The molecule has 26 heavy (non-hydrogen) atoms. The molecule has 7 heteroatoms. The van der Waals surface area contributed by atoms with Gasteiger partial charge in [-0.15, -0.1) is 0 Å². The molecule has 0 saturated heterocycles. The predicted octanol–water partition coefficient (Wildman–Crippen LogP) is 2.45. The molecular weight excluding hydrogens is 328 g/mol. The molecule has 0 fully saturated rings. The van der Waals surface area contributed by atoms with E-state index in [1.807, 2.05) is 44.4 Å². The van der Waals surface area contributed by atoms with E-state index >= 15 is 0 Å². The van der Waals surface area contributed by atoms with Crippen LogP contribution in [0, 0.1) is 0 Å². The van der Waals surface area contributed by atoms with Gasteiger partial charge in [0.25, 0.3) is 5.91 Å². The molecule has 2 N–H and O–H groups in total. The lowest BCUT2D eigenvalue weighted by Crippen LogP contribution is -2.27. The first-order valence-corrected chi connectivity index (χ1v) is 8.49. The number of benzene rings is 1. The van der Waals surface area contributed by atoms with E-state index in [0.29, 0.717) is 18.1 Å². The van der Waals surface area contributed by atoms with Gasteiger partial charge in [0.05, 0.1) is 16.8 Å². The van der Waals surface area contributed by atoms with Crippen LogP contribution < -0.4 is 10.6 Å². The van der Waals surface area contributed by atoms with E-state index in [9.17, 15) is 4.79 Å². The van der Waals surface area contributed by atoms with Crippen LogP contribution in [0.2, 0.25) is 0 Å². The van der Waals surface area contributed by atoms with Crippen molar-refractivity contribution in [2.75, 3.05) is 32.5 Å². The zero-order valence-electron chi connectivity index (χ0n) is 14.9. The van der Waals surface area contributed by atoms with Crippen molar-refractivity contribution in [1.82, 2.24) is 25.2 Å². The molecule has 134 valence electrons. The molecular formula is C19H22N6O. The van der Waals surface area contributed by atoms with E-state index in [1.165, 1.54) is 12.4 Å². The van der Waals surface area contributed by atoms with Gasteiger partial charge in [-0.3, -0.25) is 9.78 Å². The number of nitrogens with zero attached hydrogens (tertiary/aromatic N) is 4. The Hall–Kier alpha value is -3.06. The van der Waals surface area contributed by atoms with Gasteiger partial charge in [0, 0.05) is 30.5 Å². The number of hydrogen-bond acceptors (Lipinski definition) is 6. The maximum Gasteiger partial charge on any atom is 0.254 e. The minimum atomic E-state index is -0.165. The van der Waals surface area contributed by atoms with E-state index in [-0.39, 0.29) is 5.91 Å². The van der Waals surface area contributed by atoms with Gasteiger partial charge in [-0.25, -0.2) is 9.97 Å². The van der Waals surface area contributed by atoms with Crippen LogP contribution in [0.15, 0.2) is 48.9 Å². The summed E-state index contributed by atoms with van der Waals surface area (Å²) in [5.74, 6) is 0.259. The second-order valence-electron chi connectivity index (χ2n) is 6.21. The first-order valence-electron chi connectivity index (χ1n) is 8.49. The summed E-state index contributed by atoms with van der Waals surface area (Å²) in [6.07, 6.45) is 5.69. The molecule has 3 rings (SSSR count). The summed E-state index contributed by atoms with van der Waals surface area (Å²) in [5.41, 5.74) is 2.11. The Morgan fingerprint density at radius 2 is 1.85 bits per heavy atom. The van der Waals surface area contributed by atoms with Crippen molar-refractivity contribution in [3.63, 3.8) is 0 Å². The topological polar surface area (TPSA) is 83.0 Å². The fourth-order valence-electron chi connectivity index (χ4n) is 2.53. The summed E-state index contributed by atoms with van der Waals surface area (Å²) in [4.78, 5) is 27.1. The molecule has 0 spiro atoms. The fraction of sp³-hybridized carbons (Fsp3) is 0.263. The standard InChI is InChI=1S/C19H22N6O/c1-25(2)11-5-10-21-18(26)15-12-22-19(23-13-15)24-16-8-3-6-14-7-4-9-20-17(14)16/h3-4,6-9,12-13H,5,10-11H2,1-2H3,(H,21,26)(H,22,23,24). The van der Waals surface area contributed by atoms with Crippen LogP contribution >= 0.6 is 0 Å². The first kappa shape index (κ1) is 17.8. The van der Waals surface area contributed by atoms with Crippen molar-refractivity contribution in [3.05, 3.63) is 54.5 Å². The third kappa shape index (κ3) is 4.52. The highest BCUT2D eigenvalue weighted by Gasteiger charge is 2.08. The van der Waals surface area contributed by atoms with Gasteiger partial charge < -0.3 is 15.5 Å². The first-order chi connectivity index (χ1) is 12.6. The number of pyridine rings is 1. The van der Waals surface area contributed by atoms with Crippen molar-refractivity contribution < 1.29 is 4.79 Å². The molecule has 0 saturated carbocycles. The number of amides is 1. The number of nitrogens with one attached hydrogen (secondary N) is 2. The Labute approximate surface area is 152 Å². The second-order valence-corrected chi connectivity index (χ2v) is 6.21. The van der Waals surface area contributed by atoms with Crippen LogP contribution in [0.5, 0.6) is 0 Å². The summed E-state index contributed by atoms with van der Waals surface area (Å²) in [7, 11) is 4.01. The quantitative estimate of drug-likeness (QED) is 0.637. The Balaban J connectivity index is 1.63. The molecule has 1 amide bonds. The highest BCUT2D eigenvalue weighted by Crippen LogP contribution is 2.22. The van der Waals surface area contributed by atoms with E-state index in [2.05, 4.69) is 30.5 Å². The largest absolute Gasteiger partial charge is 0.352 e. The minimum absolute atomic E-state index is 0.165. The normalized spacial score (nSPS) is 10.9. The van der Waals surface area contributed by atoms with Gasteiger partial charge in [0.15, 0.2) is 0 Å². The highest BCUT2D eigenvalue weighted by atomic mass is 16.1. The maximum absolute atomic E-state index is 12.1. The molecule has 1 aromatic carbocycles. The smallest absolute Gasteiger partial charge is 0.254 e. The van der Waals surface area contributed by atoms with Gasteiger partial charge in [-0.1, -0.05) is 18.2 Å². The van der Waals surface area contributed by atoms with Crippen molar-refractivity contribution in [2.24, 2.45) is 0 Å². The van der Waals surface area contributed by atoms with E-state index in [1.54, 1.807) is 6.20 Å². The van der Waals surface area contributed by atoms with Crippen molar-refractivity contribution >= 4 is 28.4 Å². The second kappa shape index (κ2) is 8.35. The van der Waals surface area contributed by atoms with Crippen molar-refractivity contribution in [1.29, 1.82) is 0 Å². The number of hydrogen-bond donors (Lipinski definition) is 2. The van der Waals surface area contributed by atoms with Crippen LogP contribution in [0.4, 0.5) is 11.6 Å². The summed E-state index contributed by atoms with van der Waals surface area (Å²) < 4.78 is 0. The Bertz CT molecular complexity index is 873. The average Bonchev–Trinajstić information content (AvgIpc) is 2.66. The third-order valence-corrected chi connectivity index (χ3v) is 3.86. The van der Waals surface area contributed by atoms with E-state index < -0.39 is 0 Å². The number of fused-ring (bicyclic) bond motifs is 1. The van der Waals surface area contributed by atoms with Gasteiger partial charge >= 0.3 is 0 Å². The van der Waals surface area contributed by atoms with Gasteiger partial charge in [-0.2, -0.15) is 0 Å². The number of anilines is 2. The molecule has 3 aromatic rings. The SMILES string of the molecule is CN(C)CCCNC(=O)c1cnc(Nc2cccc3cccnc23)nc1. The van der Waals surface area contributed by atoms with Gasteiger partial charge in [0.1, 0.15) is 0 Å². The van der Waals surface area contributed by atoms with E-state index in [0.717, 1.165) is 29.6 Å². The fourth-order valence-corrected chi connectivity index (χ4v) is 2.53. The number of aromatic nitrogens is 3. The molecule has 0 bridgehead atoms. The monoisotopic (exact) mass is 350 g/mol.